The molecule has 1 N–H and O–H groups in total. The van der Waals surface area contributed by atoms with Gasteiger partial charge in [-0.1, -0.05) is 17.7 Å². The molecule has 0 bridgehead atoms. The Hall–Kier alpha value is -2.65. The summed E-state index contributed by atoms with van der Waals surface area (Å²) in [6.45, 7) is 3.34. The van der Waals surface area contributed by atoms with Gasteiger partial charge in [-0.25, -0.2) is 4.79 Å². The maximum atomic E-state index is 12.2. The molecule has 1 aromatic carbocycles. The summed E-state index contributed by atoms with van der Waals surface area (Å²) in [7, 11) is 0. The minimum Gasteiger partial charge on any atom is -0.452 e. The number of carbonyl (C=O) groups excluding carboxylic acids is 2. The number of nitrogens with zero attached hydrogens (tertiary/aromatic N) is 1. The van der Waals surface area contributed by atoms with E-state index < -0.39 is 11.9 Å². The predicted molar refractivity (Wildman–Crippen MR) is 101 cm³/mol. The Morgan fingerprint density at radius 3 is 2.81 bits per heavy atom. The second kappa shape index (κ2) is 7.71. The summed E-state index contributed by atoms with van der Waals surface area (Å²) in [5.41, 5.74) is 3.83. The molecule has 1 amide bonds. The van der Waals surface area contributed by atoms with Crippen molar-refractivity contribution in [3.8, 4) is 6.07 Å². The summed E-state index contributed by atoms with van der Waals surface area (Å²) < 4.78 is 5.14. The molecule has 0 aliphatic heterocycles. The van der Waals surface area contributed by atoms with Crippen LogP contribution in [0.4, 0.5) is 5.00 Å². The molecule has 0 fully saturated rings. The van der Waals surface area contributed by atoms with Crippen molar-refractivity contribution in [1.82, 2.24) is 0 Å². The Balaban J connectivity index is 1.65. The zero-order valence-corrected chi connectivity index (χ0v) is 15.7. The monoisotopic (exact) mass is 368 g/mol. The molecule has 0 saturated carbocycles. The molecule has 1 aromatic heterocycles. The normalized spacial score (nSPS) is 12.8. The number of esters is 1. The van der Waals surface area contributed by atoms with E-state index in [0.29, 0.717) is 16.1 Å². The van der Waals surface area contributed by atoms with E-state index in [1.54, 1.807) is 6.07 Å². The van der Waals surface area contributed by atoms with Crippen molar-refractivity contribution in [3.63, 3.8) is 0 Å². The van der Waals surface area contributed by atoms with Crippen LogP contribution in [0.5, 0.6) is 0 Å². The Morgan fingerprint density at radius 2 is 2.04 bits per heavy atom. The van der Waals surface area contributed by atoms with Gasteiger partial charge >= 0.3 is 5.97 Å². The highest BCUT2D eigenvalue weighted by Gasteiger charge is 2.22. The molecule has 0 radical (unpaired) electrons. The Bertz CT molecular complexity index is 909. The molecule has 0 atom stereocenters. The van der Waals surface area contributed by atoms with Gasteiger partial charge in [-0.3, -0.25) is 4.79 Å². The van der Waals surface area contributed by atoms with Crippen molar-refractivity contribution >= 4 is 28.2 Å². The van der Waals surface area contributed by atoms with Gasteiger partial charge in [0.15, 0.2) is 6.61 Å². The van der Waals surface area contributed by atoms with Crippen molar-refractivity contribution in [2.75, 3.05) is 11.9 Å². The van der Waals surface area contributed by atoms with Crippen LogP contribution in [-0.4, -0.2) is 18.5 Å². The molecule has 6 heteroatoms. The maximum Gasteiger partial charge on any atom is 0.338 e. The first kappa shape index (κ1) is 18.2. The van der Waals surface area contributed by atoms with E-state index in [4.69, 9.17) is 4.74 Å². The first-order valence-electron chi connectivity index (χ1n) is 8.58. The minimum atomic E-state index is -0.521. The van der Waals surface area contributed by atoms with Crippen LogP contribution < -0.4 is 5.32 Å². The van der Waals surface area contributed by atoms with Crippen LogP contribution in [0, 0.1) is 25.2 Å². The third kappa shape index (κ3) is 3.78. The number of hydrogen-bond acceptors (Lipinski definition) is 5. The lowest BCUT2D eigenvalue weighted by Crippen LogP contribution is -2.21. The topological polar surface area (TPSA) is 79.2 Å². The average molecular weight is 368 g/mol. The standard InChI is InChI=1S/C20H20N2O3S/c1-12-7-8-13(2)15(9-12)20(24)25-11-18(23)22-19-16(10-21)14-5-3-4-6-17(14)26-19/h7-9H,3-6,11H2,1-2H3,(H,22,23). The van der Waals surface area contributed by atoms with Crippen LogP contribution in [0.25, 0.3) is 0 Å². The van der Waals surface area contributed by atoms with Gasteiger partial charge in [-0.05, 0) is 56.7 Å². The number of carbonyl (C=O) groups is 2. The van der Waals surface area contributed by atoms with Gasteiger partial charge in [-0.2, -0.15) is 5.26 Å². The zero-order valence-electron chi connectivity index (χ0n) is 14.8. The number of ether oxygens (including phenoxy) is 1. The number of benzene rings is 1. The van der Waals surface area contributed by atoms with Crippen molar-refractivity contribution in [2.24, 2.45) is 0 Å². The van der Waals surface area contributed by atoms with Crippen LogP contribution in [0.15, 0.2) is 18.2 Å². The summed E-state index contributed by atoms with van der Waals surface area (Å²) in [6, 6.07) is 7.71. The largest absolute Gasteiger partial charge is 0.452 e. The summed E-state index contributed by atoms with van der Waals surface area (Å²) in [5.74, 6) is -0.953. The molecule has 1 aliphatic rings. The number of nitrogens with one attached hydrogen (secondary N) is 1. The lowest BCUT2D eigenvalue weighted by Gasteiger charge is -2.09. The summed E-state index contributed by atoms with van der Waals surface area (Å²) in [4.78, 5) is 25.6. The average Bonchev–Trinajstić information content (AvgIpc) is 2.98. The molecule has 1 heterocycles. The van der Waals surface area contributed by atoms with Crippen LogP contribution in [0.3, 0.4) is 0 Å². The highest BCUT2D eigenvalue weighted by atomic mass is 32.1. The van der Waals surface area contributed by atoms with Gasteiger partial charge in [0.2, 0.25) is 0 Å². The maximum absolute atomic E-state index is 12.2. The molecule has 2 aromatic rings. The van der Waals surface area contributed by atoms with Gasteiger partial charge < -0.3 is 10.1 Å². The van der Waals surface area contributed by atoms with E-state index in [9.17, 15) is 14.9 Å². The summed E-state index contributed by atoms with van der Waals surface area (Å²) in [5, 5.41) is 12.7. The van der Waals surface area contributed by atoms with E-state index in [2.05, 4.69) is 11.4 Å². The molecule has 5 nitrogen and oxygen atoms in total. The number of anilines is 1. The van der Waals surface area contributed by atoms with Crippen LogP contribution in [-0.2, 0) is 22.4 Å². The molecule has 0 unspecified atom stereocenters. The SMILES string of the molecule is Cc1ccc(C)c(C(=O)OCC(=O)Nc2sc3c(c2C#N)CCCC3)c1. The van der Waals surface area contributed by atoms with Crippen molar-refractivity contribution in [1.29, 1.82) is 5.26 Å². The quantitative estimate of drug-likeness (QED) is 0.830. The van der Waals surface area contributed by atoms with E-state index in [1.165, 1.54) is 16.2 Å². The molecule has 26 heavy (non-hydrogen) atoms. The van der Waals surface area contributed by atoms with Crippen molar-refractivity contribution < 1.29 is 14.3 Å². The van der Waals surface area contributed by atoms with Gasteiger partial charge in [0.05, 0.1) is 11.1 Å². The Morgan fingerprint density at radius 1 is 1.27 bits per heavy atom. The smallest absolute Gasteiger partial charge is 0.338 e. The second-order valence-corrected chi connectivity index (χ2v) is 7.57. The third-order valence-electron chi connectivity index (χ3n) is 4.48. The van der Waals surface area contributed by atoms with E-state index in [0.717, 1.165) is 42.4 Å². The highest BCUT2D eigenvalue weighted by Crippen LogP contribution is 2.37. The summed E-state index contributed by atoms with van der Waals surface area (Å²) >= 11 is 1.45. The zero-order chi connectivity index (χ0) is 18.7. The lowest BCUT2D eigenvalue weighted by atomic mass is 9.96. The Labute approximate surface area is 156 Å². The number of rotatable bonds is 4. The highest BCUT2D eigenvalue weighted by molar-refractivity contribution is 7.16. The van der Waals surface area contributed by atoms with Gasteiger partial charge in [-0.15, -0.1) is 11.3 Å². The van der Waals surface area contributed by atoms with Crippen LogP contribution in [0.2, 0.25) is 0 Å². The number of hydrogen-bond donors (Lipinski definition) is 1. The number of aryl methyl sites for hydroxylation is 3. The Kier molecular flexibility index (Phi) is 5.38. The molecule has 0 spiro atoms. The van der Waals surface area contributed by atoms with Crippen LogP contribution in [0.1, 0.15) is 50.3 Å². The number of amides is 1. The van der Waals surface area contributed by atoms with Gasteiger partial charge in [0.1, 0.15) is 11.1 Å². The van der Waals surface area contributed by atoms with Crippen molar-refractivity contribution in [3.05, 3.63) is 50.9 Å². The first-order valence-corrected chi connectivity index (χ1v) is 9.40. The van der Waals surface area contributed by atoms with E-state index in [1.807, 2.05) is 26.0 Å². The molecule has 3 rings (SSSR count). The van der Waals surface area contributed by atoms with Crippen molar-refractivity contribution in [2.45, 2.75) is 39.5 Å². The molecular weight excluding hydrogens is 348 g/mol. The lowest BCUT2D eigenvalue weighted by molar-refractivity contribution is -0.119. The fraction of sp³-hybridized carbons (Fsp3) is 0.350. The molecule has 134 valence electrons. The minimum absolute atomic E-state index is 0.375. The number of thiophene rings is 1. The first-order chi connectivity index (χ1) is 12.5. The predicted octanol–water partition coefficient (Wildman–Crippen LogP) is 3.91. The second-order valence-electron chi connectivity index (χ2n) is 6.47. The van der Waals surface area contributed by atoms with Crippen LogP contribution >= 0.6 is 11.3 Å². The molecule has 1 aliphatic carbocycles. The number of fused-ring (bicyclic) bond motifs is 1. The van der Waals surface area contributed by atoms with E-state index in [-0.39, 0.29) is 6.61 Å². The van der Waals surface area contributed by atoms with Gasteiger partial charge in [0, 0.05) is 4.88 Å². The fourth-order valence-corrected chi connectivity index (χ4v) is 4.36. The van der Waals surface area contributed by atoms with E-state index >= 15 is 0 Å². The number of nitriles is 1. The van der Waals surface area contributed by atoms with Gasteiger partial charge in [0.25, 0.3) is 5.91 Å². The fourth-order valence-electron chi connectivity index (χ4n) is 3.10. The molecule has 0 saturated heterocycles. The molecular formula is C20H20N2O3S. The summed E-state index contributed by atoms with van der Waals surface area (Å²) in [6.07, 6.45) is 4.01. The third-order valence-corrected chi connectivity index (χ3v) is 5.69.